The van der Waals surface area contributed by atoms with E-state index in [4.69, 9.17) is 4.74 Å². The lowest BCUT2D eigenvalue weighted by atomic mass is 9.82. The van der Waals surface area contributed by atoms with Crippen molar-refractivity contribution in [2.24, 2.45) is 0 Å². The van der Waals surface area contributed by atoms with Crippen molar-refractivity contribution in [2.45, 2.75) is 37.5 Å². The van der Waals surface area contributed by atoms with Gasteiger partial charge in [0, 0.05) is 18.4 Å². The number of halogens is 4. The number of ether oxygens (including phenoxy) is 1. The smallest absolute Gasteiger partial charge is 0.248 e. The van der Waals surface area contributed by atoms with E-state index in [1.165, 1.54) is 13.2 Å². The molecule has 100 valence electrons. The second kappa shape index (κ2) is 4.78. The summed E-state index contributed by atoms with van der Waals surface area (Å²) in [6.45, 7) is 0. The molecule has 0 aromatic heterocycles. The van der Waals surface area contributed by atoms with Crippen molar-refractivity contribution in [2.75, 3.05) is 7.11 Å². The Morgan fingerprint density at radius 3 is 2.33 bits per heavy atom. The molecule has 0 saturated heterocycles. The fourth-order valence-electron chi connectivity index (χ4n) is 2.43. The van der Waals surface area contributed by atoms with Crippen LogP contribution < -0.4 is 4.74 Å². The average molecular weight is 262 g/mol. The summed E-state index contributed by atoms with van der Waals surface area (Å²) >= 11 is 0. The number of hydrogen-bond donors (Lipinski definition) is 0. The van der Waals surface area contributed by atoms with Crippen LogP contribution in [0.1, 0.15) is 37.2 Å². The molecule has 1 nitrogen and oxygen atoms in total. The van der Waals surface area contributed by atoms with Crippen molar-refractivity contribution in [3.05, 3.63) is 29.3 Å². The first-order valence-corrected chi connectivity index (χ1v) is 5.84. The van der Waals surface area contributed by atoms with Crippen LogP contribution in [0.15, 0.2) is 12.1 Å². The maximum Gasteiger partial charge on any atom is 0.248 e. The van der Waals surface area contributed by atoms with E-state index in [1.54, 1.807) is 0 Å². The van der Waals surface area contributed by atoms with Crippen LogP contribution in [0.4, 0.5) is 17.6 Å². The van der Waals surface area contributed by atoms with Crippen molar-refractivity contribution in [1.82, 2.24) is 0 Å². The van der Waals surface area contributed by atoms with Crippen molar-refractivity contribution in [3.8, 4) is 5.75 Å². The Hall–Kier alpha value is -1.26. The molecule has 0 heterocycles. The summed E-state index contributed by atoms with van der Waals surface area (Å²) in [5.74, 6) is -5.04. The molecule has 0 spiro atoms. The highest BCUT2D eigenvalue weighted by Gasteiger charge is 2.36. The molecule has 1 aromatic carbocycles. The number of rotatable bonds is 2. The third kappa shape index (κ3) is 2.44. The van der Waals surface area contributed by atoms with E-state index < -0.39 is 17.6 Å². The van der Waals surface area contributed by atoms with Gasteiger partial charge in [0.25, 0.3) is 0 Å². The highest BCUT2D eigenvalue weighted by atomic mass is 19.3. The van der Waals surface area contributed by atoms with E-state index in [2.05, 4.69) is 0 Å². The summed E-state index contributed by atoms with van der Waals surface area (Å²) in [5.41, 5.74) is 0.479. The molecule has 0 unspecified atom stereocenters. The van der Waals surface area contributed by atoms with Crippen LogP contribution in [0.3, 0.4) is 0 Å². The lowest BCUT2D eigenvalue weighted by molar-refractivity contribution is -0.0383. The van der Waals surface area contributed by atoms with Crippen LogP contribution in [0.5, 0.6) is 5.75 Å². The van der Waals surface area contributed by atoms with Gasteiger partial charge in [-0.15, -0.1) is 0 Å². The van der Waals surface area contributed by atoms with Gasteiger partial charge in [-0.1, -0.05) is 6.07 Å². The maximum absolute atomic E-state index is 13.5. The summed E-state index contributed by atoms with van der Waals surface area (Å²) < 4.78 is 57.6. The Kier molecular flexibility index (Phi) is 3.50. The van der Waals surface area contributed by atoms with Gasteiger partial charge in [0.15, 0.2) is 11.6 Å². The van der Waals surface area contributed by atoms with Crippen LogP contribution in [0.2, 0.25) is 0 Å². The van der Waals surface area contributed by atoms with Crippen LogP contribution in [0, 0.1) is 11.6 Å². The van der Waals surface area contributed by atoms with Crippen molar-refractivity contribution in [1.29, 1.82) is 0 Å². The molecular formula is C13H14F4O. The number of alkyl halides is 2. The summed E-state index contributed by atoms with van der Waals surface area (Å²) in [6.07, 6.45) is 0.0719. The molecule has 1 aliphatic carbocycles. The largest absolute Gasteiger partial charge is 0.493 e. The molecule has 1 fully saturated rings. The predicted molar refractivity (Wildman–Crippen MR) is 59.1 cm³/mol. The molecule has 0 atom stereocenters. The normalized spacial score (nSPS) is 19.8. The number of methoxy groups -OCH3 is 1. The van der Waals surface area contributed by atoms with Crippen LogP contribution in [-0.2, 0) is 0 Å². The average Bonchev–Trinajstić information content (AvgIpc) is 2.33. The maximum atomic E-state index is 13.5. The van der Waals surface area contributed by atoms with Crippen LogP contribution in [0.25, 0.3) is 0 Å². The topological polar surface area (TPSA) is 9.23 Å². The Morgan fingerprint density at radius 2 is 1.78 bits per heavy atom. The quantitative estimate of drug-likeness (QED) is 0.723. The Balaban J connectivity index is 2.27. The highest BCUT2D eigenvalue weighted by Crippen LogP contribution is 2.44. The van der Waals surface area contributed by atoms with Crippen LogP contribution in [-0.4, -0.2) is 13.0 Å². The molecule has 1 aromatic rings. The van der Waals surface area contributed by atoms with Crippen molar-refractivity contribution < 1.29 is 22.3 Å². The molecule has 0 radical (unpaired) electrons. The monoisotopic (exact) mass is 262 g/mol. The zero-order valence-corrected chi connectivity index (χ0v) is 9.98. The number of hydrogen-bond acceptors (Lipinski definition) is 1. The molecular weight excluding hydrogens is 248 g/mol. The first-order chi connectivity index (χ1) is 8.44. The summed E-state index contributed by atoms with van der Waals surface area (Å²) in [5, 5.41) is 0. The SMILES string of the molecule is COc1c(C2CCC(F)(F)CC2)ccc(F)c1F. The van der Waals surface area contributed by atoms with Gasteiger partial charge in [0.1, 0.15) is 0 Å². The van der Waals surface area contributed by atoms with Gasteiger partial charge in [-0.05, 0) is 24.8 Å². The summed E-state index contributed by atoms with van der Waals surface area (Å²) in [7, 11) is 1.25. The molecule has 1 saturated carbocycles. The van der Waals surface area contributed by atoms with Crippen LogP contribution >= 0.6 is 0 Å². The lowest BCUT2D eigenvalue weighted by Crippen LogP contribution is -2.24. The molecule has 0 amide bonds. The minimum absolute atomic E-state index is 0.162. The zero-order valence-electron chi connectivity index (χ0n) is 9.98. The fourth-order valence-corrected chi connectivity index (χ4v) is 2.43. The van der Waals surface area contributed by atoms with E-state index in [0.29, 0.717) is 5.56 Å². The third-order valence-corrected chi connectivity index (χ3v) is 3.44. The second-order valence-electron chi connectivity index (χ2n) is 4.61. The Labute approximate surface area is 103 Å². The highest BCUT2D eigenvalue weighted by molar-refractivity contribution is 5.38. The van der Waals surface area contributed by atoms with Gasteiger partial charge < -0.3 is 4.74 Å². The van der Waals surface area contributed by atoms with Crippen molar-refractivity contribution in [3.63, 3.8) is 0 Å². The van der Waals surface area contributed by atoms with Gasteiger partial charge in [0.2, 0.25) is 11.7 Å². The van der Waals surface area contributed by atoms with E-state index in [1.807, 2.05) is 0 Å². The molecule has 2 rings (SSSR count). The van der Waals surface area contributed by atoms with Gasteiger partial charge >= 0.3 is 0 Å². The molecule has 18 heavy (non-hydrogen) atoms. The molecule has 1 aliphatic rings. The Morgan fingerprint density at radius 1 is 1.17 bits per heavy atom. The van der Waals surface area contributed by atoms with Gasteiger partial charge in [-0.2, -0.15) is 4.39 Å². The lowest BCUT2D eigenvalue weighted by Gasteiger charge is -2.29. The van der Waals surface area contributed by atoms with E-state index in [-0.39, 0.29) is 37.4 Å². The third-order valence-electron chi connectivity index (χ3n) is 3.44. The summed E-state index contributed by atoms with van der Waals surface area (Å²) in [6, 6.07) is 2.44. The molecule has 5 heteroatoms. The first kappa shape index (κ1) is 13.2. The van der Waals surface area contributed by atoms with E-state index in [9.17, 15) is 17.6 Å². The van der Waals surface area contributed by atoms with Gasteiger partial charge in [-0.25, -0.2) is 13.2 Å². The van der Waals surface area contributed by atoms with Gasteiger partial charge in [-0.3, -0.25) is 0 Å². The van der Waals surface area contributed by atoms with E-state index in [0.717, 1.165) is 6.07 Å². The zero-order chi connectivity index (χ0) is 13.3. The molecule has 0 aliphatic heterocycles. The standard InChI is InChI=1S/C13H14F4O/c1-18-12-9(2-3-10(14)11(12)15)8-4-6-13(16,17)7-5-8/h2-3,8H,4-7H2,1H3. The van der Waals surface area contributed by atoms with Gasteiger partial charge in [0.05, 0.1) is 7.11 Å². The van der Waals surface area contributed by atoms with E-state index >= 15 is 0 Å². The molecule has 0 bridgehead atoms. The molecule has 0 N–H and O–H groups in total. The first-order valence-electron chi connectivity index (χ1n) is 5.84. The van der Waals surface area contributed by atoms with Crippen molar-refractivity contribution >= 4 is 0 Å². The second-order valence-corrected chi connectivity index (χ2v) is 4.61. The fraction of sp³-hybridized carbons (Fsp3) is 0.538. The Bertz CT molecular complexity index is 435. The number of benzene rings is 1. The predicted octanol–water partition coefficient (Wildman–Crippen LogP) is 4.27. The minimum Gasteiger partial charge on any atom is -0.493 e. The summed E-state index contributed by atoms with van der Waals surface area (Å²) in [4.78, 5) is 0. The minimum atomic E-state index is -2.64.